The van der Waals surface area contributed by atoms with Crippen molar-refractivity contribution in [1.29, 1.82) is 0 Å². The highest BCUT2D eigenvalue weighted by Gasteiger charge is 2.16. The summed E-state index contributed by atoms with van der Waals surface area (Å²) in [6.07, 6.45) is 6.01. The van der Waals surface area contributed by atoms with Crippen LogP contribution in [0.15, 0.2) is 23.4 Å². The van der Waals surface area contributed by atoms with Crippen molar-refractivity contribution in [3.05, 3.63) is 33.5 Å². The average molecular weight is 153 g/mol. The van der Waals surface area contributed by atoms with Crippen molar-refractivity contribution < 1.29 is 4.92 Å². The van der Waals surface area contributed by atoms with E-state index in [2.05, 4.69) is 0 Å². The van der Waals surface area contributed by atoms with Crippen LogP contribution in [0.4, 0.5) is 0 Å². The van der Waals surface area contributed by atoms with Crippen molar-refractivity contribution in [2.45, 2.75) is 26.2 Å². The SMILES string of the molecule is CCC1=C([N+](=O)[O-])CCC=C1. The van der Waals surface area contributed by atoms with Gasteiger partial charge in [-0.15, -0.1) is 0 Å². The van der Waals surface area contributed by atoms with Gasteiger partial charge in [-0.1, -0.05) is 19.1 Å². The summed E-state index contributed by atoms with van der Waals surface area (Å²) in [5.41, 5.74) is 1.27. The minimum atomic E-state index is -0.262. The minimum Gasteiger partial charge on any atom is -0.259 e. The minimum absolute atomic E-state index is 0.262. The molecule has 11 heavy (non-hydrogen) atoms. The third kappa shape index (κ3) is 1.67. The fourth-order valence-corrected chi connectivity index (χ4v) is 1.23. The van der Waals surface area contributed by atoms with Crippen molar-refractivity contribution in [3.63, 3.8) is 0 Å². The second-order valence-electron chi connectivity index (χ2n) is 2.52. The molecule has 0 N–H and O–H groups in total. The predicted molar refractivity (Wildman–Crippen MR) is 42.7 cm³/mol. The Morgan fingerprint density at radius 1 is 1.73 bits per heavy atom. The third-order valence-electron chi connectivity index (χ3n) is 1.84. The van der Waals surface area contributed by atoms with Crippen LogP contribution in [-0.4, -0.2) is 4.92 Å². The van der Waals surface area contributed by atoms with Gasteiger partial charge in [0, 0.05) is 12.0 Å². The van der Waals surface area contributed by atoms with E-state index in [0.29, 0.717) is 12.1 Å². The lowest BCUT2D eigenvalue weighted by Gasteiger charge is -2.05. The molecule has 0 fully saturated rings. The van der Waals surface area contributed by atoms with E-state index >= 15 is 0 Å². The van der Waals surface area contributed by atoms with E-state index in [4.69, 9.17) is 0 Å². The van der Waals surface area contributed by atoms with Crippen molar-refractivity contribution in [1.82, 2.24) is 0 Å². The van der Waals surface area contributed by atoms with E-state index in [1.165, 1.54) is 0 Å². The maximum absolute atomic E-state index is 10.4. The van der Waals surface area contributed by atoms with Gasteiger partial charge in [-0.2, -0.15) is 0 Å². The molecular formula is C8H11NO2. The van der Waals surface area contributed by atoms with Crippen LogP contribution in [0.2, 0.25) is 0 Å². The molecular weight excluding hydrogens is 142 g/mol. The number of nitro groups is 1. The van der Waals surface area contributed by atoms with Crippen LogP contribution in [0.5, 0.6) is 0 Å². The van der Waals surface area contributed by atoms with Crippen LogP contribution in [0.3, 0.4) is 0 Å². The molecule has 3 nitrogen and oxygen atoms in total. The zero-order chi connectivity index (χ0) is 8.27. The topological polar surface area (TPSA) is 43.1 Å². The Morgan fingerprint density at radius 2 is 2.45 bits per heavy atom. The Balaban J connectivity index is 2.91. The molecule has 0 atom stereocenters. The second kappa shape index (κ2) is 3.32. The van der Waals surface area contributed by atoms with Gasteiger partial charge in [0.2, 0.25) is 5.70 Å². The largest absolute Gasteiger partial charge is 0.259 e. The standard InChI is InChI=1S/C8H11NO2/c1-2-7-5-3-4-6-8(7)9(10)11/h3,5H,2,4,6H2,1H3. The zero-order valence-corrected chi connectivity index (χ0v) is 6.54. The number of rotatable bonds is 2. The van der Waals surface area contributed by atoms with Gasteiger partial charge in [0.05, 0.1) is 4.92 Å². The van der Waals surface area contributed by atoms with E-state index in [-0.39, 0.29) is 4.92 Å². The number of hydrogen-bond donors (Lipinski definition) is 0. The summed E-state index contributed by atoms with van der Waals surface area (Å²) < 4.78 is 0. The van der Waals surface area contributed by atoms with Gasteiger partial charge in [0.1, 0.15) is 0 Å². The van der Waals surface area contributed by atoms with Crippen molar-refractivity contribution in [3.8, 4) is 0 Å². The molecule has 0 heterocycles. The van der Waals surface area contributed by atoms with Gasteiger partial charge in [-0.25, -0.2) is 0 Å². The van der Waals surface area contributed by atoms with Gasteiger partial charge >= 0.3 is 0 Å². The molecule has 0 aromatic carbocycles. The molecule has 60 valence electrons. The first-order chi connectivity index (χ1) is 5.25. The van der Waals surface area contributed by atoms with Gasteiger partial charge in [-0.05, 0) is 12.8 Å². The highest BCUT2D eigenvalue weighted by Crippen LogP contribution is 2.21. The highest BCUT2D eigenvalue weighted by atomic mass is 16.6. The maximum atomic E-state index is 10.4. The third-order valence-corrected chi connectivity index (χ3v) is 1.84. The lowest BCUT2D eigenvalue weighted by molar-refractivity contribution is -0.429. The smallest absolute Gasteiger partial charge is 0.249 e. The van der Waals surface area contributed by atoms with E-state index < -0.39 is 0 Å². The van der Waals surface area contributed by atoms with Gasteiger partial charge in [0.15, 0.2) is 0 Å². The molecule has 0 saturated carbocycles. The van der Waals surface area contributed by atoms with E-state index in [0.717, 1.165) is 18.4 Å². The van der Waals surface area contributed by atoms with Crippen LogP contribution in [-0.2, 0) is 0 Å². The number of allylic oxidation sites excluding steroid dienone is 4. The molecule has 0 unspecified atom stereocenters. The number of hydrogen-bond acceptors (Lipinski definition) is 2. The van der Waals surface area contributed by atoms with Crippen LogP contribution in [0.1, 0.15) is 26.2 Å². The molecule has 0 saturated heterocycles. The predicted octanol–water partition coefficient (Wildman–Crippen LogP) is 2.28. The van der Waals surface area contributed by atoms with Crippen molar-refractivity contribution in [2.24, 2.45) is 0 Å². The summed E-state index contributed by atoms with van der Waals surface area (Å²) >= 11 is 0. The first-order valence-corrected chi connectivity index (χ1v) is 3.78. The molecule has 0 aromatic rings. The van der Waals surface area contributed by atoms with Gasteiger partial charge < -0.3 is 0 Å². The summed E-state index contributed by atoms with van der Waals surface area (Å²) in [6, 6.07) is 0. The Kier molecular flexibility index (Phi) is 2.41. The normalized spacial score (nSPS) is 17.2. The molecule has 0 aromatic heterocycles. The van der Waals surface area contributed by atoms with Crippen LogP contribution in [0, 0.1) is 10.1 Å². The fraction of sp³-hybridized carbons (Fsp3) is 0.500. The second-order valence-corrected chi connectivity index (χ2v) is 2.52. The average Bonchev–Trinajstić information content (AvgIpc) is 2.04. The highest BCUT2D eigenvalue weighted by molar-refractivity contribution is 5.25. The molecule has 0 amide bonds. The van der Waals surface area contributed by atoms with Gasteiger partial charge in [-0.3, -0.25) is 10.1 Å². The fourth-order valence-electron chi connectivity index (χ4n) is 1.23. The molecule has 0 bridgehead atoms. The van der Waals surface area contributed by atoms with Crippen LogP contribution in [0.25, 0.3) is 0 Å². The van der Waals surface area contributed by atoms with Gasteiger partial charge in [0.25, 0.3) is 0 Å². The van der Waals surface area contributed by atoms with Crippen LogP contribution < -0.4 is 0 Å². The Bertz CT molecular complexity index is 228. The lowest BCUT2D eigenvalue weighted by Crippen LogP contribution is -2.04. The zero-order valence-electron chi connectivity index (χ0n) is 6.54. The molecule has 0 radical (unpaired) electrons. The van der Waals surface area contributed by atoms with E-state index in [1.807, 2.05) is 19.1 Å². The monoisotopic (exact) mass is 153 g/mol. The van der Waals surface area contributed by atoms with Crippen LogP contribution >= 0.6 is 0 Å². The molecule has 0 aliphatic heterocycles. The summed E-state index contributed by atoms with van der Waals surface area (Å²) in [4.78, 5) is 10.2. The Morgan fingerprint density at radius 3 is 2.91 bits per heavy atom. The molecule has 1 aliphatic carbocycles. The summed E-state index contributed by atoms with van der Waals surface area (Å²) in [5.74, 6) is 0. The van der Waals surface area contributed by atoms with Crippen molar-refractivity contribution >= 4 is 0 Å². The molecule has 1 rings (SSSR count). The molecule has 0 spiro atoms. The van der Waals surface area contributed by atoms with E-state index in [1.54, 1.807) is 0 Å². The Labute approximate surface area is 65.6 Å². The first kappa shape index (κ1) is 7.98. The molecule has 3 heteroatoms. The maximum Gasteiger partial charge on any atom is 0.249 e. The Hall–Kier alpha value is -1.12. The first-order valence-electron chi connectivity index (χ1n) is 3.78. The summed E-state index contributed by atoms with van der Waals surface area (Å²) in [6.45, 7) is 1.94. The summed E-state index contributed by atoms with van der Waals surface area (Å²) in [7, 11) is 0. The molecule has 1 aliphatic rings. The lowest BCUT2D eigenvalue weighted by atomic mass is 10.0. The quantitative estimate of drug-likeness (QED) is 0.451. The summed E-state index contributed by atoms with van der Waals surface area (Å²) in [5, 5.41) is 10.4. The number of nitrogens with zero attached hydrogens (tertiary/aromatic N) is 1. The van der Waals surface area contributed by atoms with Crippen molar-refractivity contribution in [2.75, 3.05) is 0 Å². The van der Waals surface area contributed by atoms with E-state index in [9.17, 15) is 10.1 Å².